The molecule has 1 rings (SSSR count). The van der Waals surface area contributed by atoms with E-state index in [2.05, 4.69) is 4.74 Å². The maximum atomic E-state index is 11.3. The number of phenols is 3. The number of hydrogen-bond acceptors (Lipinski definition) is 5. The van der Waals surface area contributed by atoms with Crippen LogP contribution >= 0.6 is 0 Å². The molecule has 0 radical (unpaired) electrons. The highest BCUT2D eigenvalue weighted by Crippen LogP contribution is 2.31. The van der Waals surface area contributed by atoms with Crippen LogP contribution in [0.4, 0.5) is 0 Å². The Morgan fingerprint density at radius 2 is 1.73 bits per heavy atom. The molecule has 6 heteroatoms. The van der Waals surface area contributed by atoms with E-state index >= 15 is 0 Å². The molecular formula is C9H12O6. The standard InChI is InChI=1S/C9H10O5.H2O/c1-14-4-8(13)9-6(11)2-5(10)3-7(9)12;/h2-3,10-12H,4H2,1H3;1H2. The molecule has 0 saturated heterocycles. The van der Waals surface area contributed by atoms with Gasteiger partial charge in [-0.2, -0.15) is 0 Å². The van der Waals surface area contributed by atoms with E-state index in [1.165, 1.54) is 7.11 Å². The summed E-state index contributed by atoms with van der Waals surface area (Å²) in [7, 11) is 1.33. The third-order valence-electron chi connectivity index (χ3n) is 1.64. The molecular weight excluding hydrogens is 204 g/mol. The summed E-state index contributed by atoms with van der Waals surface area (Å²) in [6, 6.07) is 1.95. The molecule has 6 nitrogen and oxygen atoms in total. The molecule has 15 heavy (non-hydrogen) atoms. The molecule has 0 spiro atoms. The van der Waals surface area contributed by atoms with Gasteiger partial charge in [0.15, 0.2) is 5.78 Å². The fourth-order valence-electron chi connectivity index (χ4n) is 1.09. The molecule has 0 bridgehead atoms. The first-order chi connectivity index (χ1) is 6.56. The van der Waals surface area contributed by atoms with Crippen LogP contribution in [0.25, 0.3) is 0 Å². The summed E-state index contributed by atoms with van der Waals surface area (Å²) in [5.74, 6) is -1.80. The minimum absolute atomic E-state index is 0. The predicted molar refractivity (Wildman–Crippen MR) is 51.3 cm³/mol. The van der Waals surface area contributed by atoms with Gasteiger partial charge in [-0.05, 0) is 0 Å². The van der Waals surface area contributed by atoms with E-state index in [1.807, 2.05) is 0 Å². The number of aromatic hydroxyl groups is 3. The van der Waals surface area contributed by atoms with Crippen molar-refractivity contribution in [1.29, 1.82) is 0 Å². The normalized spacial score (nSPS) is 9.40. The molecule has 0 unspecified atom stereocenters. The molecule has 1 aromatic carbocycles. The summed E-state index contributed by atoms with van der Waals surface area (Å²) in [6.07, 6.45) is 0. The zero-order valence-electron chi connectivity index (χ0n) is 8.02. The second-order valence-corrected chi connectivity index (χ2v) is 2.72. The first-order valence-electron chi connectivity index (χ1n) is 3.83. The average molecular weight is 216 g/mol. The minimum atomic E-state index is -0.553. The van der Waals surface area contributed by atoms with E-state index in [9.17, 15) is 15.0 Å². The number of ether oxygens (including phenoxy) is 1. The Labute approximate surface area is 85.7 Å². The summed E-state index contributed by atoms with van der Waals surface area (Å²) < 4.78 is 4.56. The van der Waals surface area contributed by atoms with Gasteiger partial charge >= 0.3 is 0 Å². The van der Waals surface area contributed by atoms with E-state index in [0.717, 1.165) is 12.1 Å². The number of rotatable bonds is 3. The zero-order valence-corrected chi connectivity index (χ0v) is 8.02. The highest BCUT2D eigenvalue weighted by molar-refractivity contribution is 6.02. The largest absolute Gasteiger partial charge is 0.508 e. The number of benzene rings is 1. The van der Waals surface area contributed by atoms with E-state index in [-0.39, 0.29) is 23.4 Å². The van der Waals surface area contributed by atoms with Gasteiger partial charge in [0, 0.05) is 19.2 Å². The number of ketones is 1. The van der Waals surface area contributed by atoms with Crippen LogP contribution in [0.5, 0.6) is 17.2 Å². The van der Waals surface area contributed by atoms with Gasteiger partial charge in [-0.1, -0.05) is 0 Å². The van der Waals surface area contributed by atoms with Crippen molar-refractivity contribution < 1.29 is 30.3 Å². The first-order valence-corrected chi connectivity index (χ1v) is 3.83. The maximum Gasteiger partial charge on any atom is 0.195 e. The van der Waals surface area contributed by atoms with E-state index in [1.54, 1.807) is 0 Å². The Bertz CT molecular complexity index is 337. The van der Waals surface area contributed by atoms with Gasteiger partial charge in [0.2, 0.25) is 0 Å². The smallest absolute Gasteiger partial charge is 0.195 e. The summed E-state index contributed by atoms with van der Waals surface area (Å²) in [6.45, 7) is -0.244. The SMILES string of the molecule is COCC(=O)c1c(O)cc(O)cc1O.O. The van der Waals surface area contributed by atoms with Gasteiger partial charge in [-0.25, -0.2) is 0 Å². The van der Waals surface area contributed by atoms with Gasteiger partial charge in [-0.3, -0.25) is 4.79 Å². The van der Waals surface area contributed by atoms with Crippen LogP contribution in [-0.4, -0.2) is 40.3 Å². The fourth-order valence-corrected chi connectivity index (χ4v) is 1.09. The van der Waals surface area contributed by atoms with E-state index < -0.39 is 17.3 Å². The summed E-state index contributed by atoms with van der Waals surface area (Å²) in [5.41, 5.74) is -0.246. The molecule has 0 aliphatic rings. The van der Waals surface area contributed by atoms with Crippen molar-refractivity contribution >= 4 is 5.78 Å². The highest BCUT2D eigenvalue weighted by atomic mass is 16.5. The second kappa shape index (κ2) is 5.18. The number of carbonyl (C=O) groups is 1. The summed E-state index contributed by atoms with van der Waals surface area (Å²) >= 11 is 0. The van der Waals surface area contributed by atoms with Gasteiger partial charge in [0.05, 0.1) is 0 Å². The van der Waals surface area contributed by atoms with Crippen molar-refractivity contribution in [2.45, 2.75) is 0 Å². The molecule has 0 fully saturated rings. The molecule has 0 atom stereocenters. The summed E-state index contributed by atoms with van der Waals surface area (Å²) in [5, 5.41) is 27.5. The monoisotopic (exact) mass is 216 g/mol. The fraction of sp³-hybridized carbons (Fsp3) is 0.222. The summed E-state index contributed by atoms with van der Waals surface area (Å²) in [4.78, 5) is 11.3. The van der Waals surface area contributed by atoms with Crippen molar-refractivity contribution in [2.75, 3.05) is 13.7 Å². The van der Waals surface area contributed by atoms with E-state index in [4.69, 9.17) is 5.11 Å². The van der Waals surface area contributed by atoms with Crippen molar-refractivity contribution in [3.05, 3.63) is 17.7 Å². The lowest BCUT2D eigenvalue weighted by Crippen LogP contribution is -2.07. The lowest BCUT2D eigenvalue weighted by atomic mass is 10.1. The van der Waals surface area contributed by atoms with Gasteiger partial charge in [0.25, 0.3) is 0 Å². The van der Waals surface area contributed by atoms with Crippen molar-refractivity contribution in [2.24, 2.45) is 0 Å². The van der Waals surface area contributed by atoms with Gasteiger partial charge < -0.3 is 25.5 Å². The number of phenolic OH excluding ortho intramolecular Hbond substituents is 3. The lowest BCUT2D eigenvalue weighted by molar-refractivity contribution is 0.0842. The topological polar surface area (TPSA) is 118 Å². The average Bonchev–Trinajstić information content (AvgIpc) is 2.01. The van der Waals surface area contributed by atoms with Crippen LogP contribution in [0.2, 0.25) is 0 Å². The van der Waals surface area contributed by atoms with Crippen molar-refractivity contribution in [3.8, 4) is 17.2 Å². The predicted octanol–water partition coefficient (Wildman–Crippen LogP) is -0.192. The Balaban J connectivity index is 0.00000196. The van der Waals surface area contributed by atoms with Crippen LogP contribution in [0.15, 0.2) is 12.1 Å². The van der Waals surface area contributed by atoms with Crippen LogP contribution in [0.3, 0.4) is 0 Å². The molecule has 0 saturated carbocycles. The van der Waals surface area contributed by atoms with Gasteiger partial charge in [0.1, 0.15) is 29.4 Å². The van der Waals surface area contributed by atoms with Crippen molar-refractivity contribution in [1.82, 2.24) is 0 Å². The number of Topliss-reactive ketones (excluding diaryl/α,β-unsaturated/α-hetero) is 1. The van der Waals surface area contributed by atoms with Crippen LogP contribution in [0.1, 0.15) is 10.4 Å². The maximum absolute atomic E-state index is 11.3. The van der Waals surface area contributed by atoms with E-state index in [0.29, 0.717) is 0 Å². The molecule has 0 heterocycles. The van der Waals surface area contributed by atoms with Crippen LogP contribution in [-0.2, 0) is 4.74 Å². The third-order valence-corrected chi connectivity index (χ3v) is 1.64. The molecule has 0 aliphatic carbocycles. The number of methoxy groups -OCH3 is 1. The van der Waals surface area contributed by atoms with Crippen molar-refractivity contribution in [3.63, 3.8) is 0 Å². The Morgan fingerprint density at radius 1 is 1.27 bits per heavy atom. The first kappa shape index (κ1) is 13.2. The Kier molecular flexibility index (Phi) is 4.56. The molecule has 0 aromatic heterocycles. The molecule has 5 N–H and O–H groups in total. The van der Waals surface area contributed by atoms with Crippen LogP contribution < -0.4 is 0 Å². The number of hydrogen-bond donors (Lipinski definition) is 3. The van der Waals surface area contributed by atoms with Gasteiger partial charge in [-0.15, -0.1) is 0 Å². The molecule has 0 aliphatic heterocycles. The quantitative estimate of drug-likeness (QED) is 0.605. The Morgan fingerprint density at radius 3 is 2.13 bits per heavy atom. The molecule has 0 amide bonds. The minimum Gasteiger partial charge on any atom is -0.508 e. The third kappa shape index (κ3) is 2.83. The lowest BCUT2D eigenvalue weighted by Gasteiger charge is -2.06. The second-order valence-electron chi connectivity index (χ2n) is 2.72. The molecule has 84 valence electrons. The highest BCUT2D eigenvalue weighted by Gasteiger charge is 2.17. The van der Waals surface area contributed by atoms with Crippen LogP contribution in [0, 0.1) is 0 Å². The zero-order chi connectivity index (χ0) is 10.7. The Hall–Kier alpha value is -1.79. The number of carbonyl (C=O) groups excluding carboxylic acids is 1. The molecule has 1 aromatic rings.